The van der Waals surface area contributed by atoms with E-state index in [9.17, 15) is 18.3 Å². The Morgan fingerprint density at radius 3 is 2.50 bits per heavy atom. The van der Waals surface area contributed by atoms with Gasteiger partial charge in [0.25, 0.3) is 0 Å². The predicted octanol–water partition coefficient (Wildman–Crippen LogP) is 6.93. The lowest BCUT2D eigenvalue weighted by atomic mass is 9.70. The molecule has 4 unspecified atom stereocenters. The summed E-state index contributed by atoms with van der Waals surface area (Å²) in [6, 6.07) is 2.50. The molecule has 4 nitrogen and oxygen atoms in total. The predicted molar refractivity (Wildman–Crippen MR) is 131 cm³/mol. The van der Waals surface area contributed by atoms with Gasteiger partial charge in [-0.2, -0.15) is 13.2 Å². The summed E-state index contributed by atoms with van der Waals surface area (Å²) in [5.41, 5.74) is 3.68. The first-order valence-corrected chi connectivity index (χ1v) is 13.2. The molecule has 5 rings (SSSR count). The highest BCUT2D eigenvalue weighted by Crippen LogP contribution is 2.61. The van der Waals surface area contributed by atoms with Crippen molar-refractivity contribution in [2.24, 2.45) is 5.41 Å². The second-order valence-corrected chi connectivity index (χ2v) is 12.6. The highest BCUT2D eigenvalue weighted by molar-refractivity contribution is 14.1. The molecule has 1 N–H and O–H groups in total. The molecule has 1 aliphatic heterocycles. The summed E-state index contributed by atoms with van der Waals surface area (Å²) in [6.45, 7) is 8.47. The minimum atomic E-state index is -4.44. The first-order chi connectivity index (χ1) is 15.8. The van der Waals surface area contributed by atoms with Crippen LogP contribution in [0.15, 0.2) is 18.3 Å². The van der Waals surface area contributed by atoms with Crippen LogP contribution in [-0.2, 0) is 22.9 Å². The number of hydrogen-bond acceptors (Lipinski definition) is 4. The summed E-state index contributed by atoms with van der Waals surface area (Å²) in [7, 11) is 0. The molecule has 1 spiro atoms. The number of alkyl halides is 4. The molecule has 34 heavy (non-hydrogen) atoms. The Hall–Kier alpha value is -1.26. The van der Waals surface area contributed by atoms with Crippen molar-refractivity contribution < 1.29 is 23.0 Å². The zero-order valence-electron chi connectivity index (χ0n) is 19.8. The Bertz CT molecular complexity index is 1120. The second-order valence-electron chi connectivity index (χ2n) is 11.1. The van der Waals surface area contributed by atoms with Crippen LogP contribution in [0.4, 0.5) is 13.2 Å². The van der Waals surface area contributed by atoms with Crippen LogP contribution in [0.2, 0.25) is 0 Å². The van der Waals surface area contributed by atoms with Crippen molar-refractivity contribution in [1.29, 1.82) is 0 Å². The minimum absolute atomic E-state index is 0.0672. The van der Waals surface area contributed by atoms with Crippen molar-refractivity contribution in [3.8, 4) is 0 Å². The van der Waals surface area contributed by atoms with Crippen LogP contribution in [0.1, 0.15) is 111 Å². The van der Waals surface area contributed by atoms with Gasteiger partial charge in [0.05, 0.1) is 17.4 Å². The van der Waals surface area contributed by atoms with Gasteiger partial charge in [0, 0.05) is 38.2 Å². The zero-order chi connectivity index (χ0) is 24.6. The quantitative estimate of drug-likeness (QED) is 0.307. The topological polar surface area (TPSA) is 55.2 Å². The number of aliphatic hydroxyl groups excluding tert-OH is 1. The van der Waals surface area contributed by atoms with Crippen molar-refractivity contribution >= 4 is 22.6 Å². The maximum Gasteiger partial charge on any atom is 0.417 e. The van der Waals surface area contributed by atoms with Crippen LogP contribution in [0.5, 0.6) is 0 Å². The van der Waals surface area contributed by atoms with E-state index in [1.807, 2.05) is 0 Å². The Labute approximate surface area is 211 Å². The third kappa shape index (κ3) is 3.79. The van der Waals surface area contributed by atoms with Gasteiger partial charge in [-0.25, -0.2) is 0 Å². The van der Waals surface area contributed by atoms with E-state index in [-0.39, 0.29) is 15.3 Å². The number of aromatic nitrogens is 2. The molecule has 2 aromatic rings. The van der Waals surface area contributed by atoms with Gasteiger partial charge in [-0.1, -0.05) is 50.3 Å². The average Bonchev–Trinajstić information content (AvgIpc) is 3.27. The summed E-state index contributed by atoms with van der Waals surface area (Å²) in [6.07, 6.45) is -0.598. The van der Waals surface area contributed by atoms with E-state index in [2.05, 4.69) is 55.3 Å². The number of nitrogens with zero attached hydrogens (tertiary/aromatic N) is 2. The molecule has 2 aromatic heterocycles. The van der Waals surface area contributed by atoms with Gasteiger partial charge in [-0.3, -0.25) is 9.97 Å². The van der Waals surface area contributed by atoms with Gasteiger partial charge in [-0.05, 0) is 55.6 Å². The normalized spacial score (nSPS) is 30.1. The summed E-state index contributed by atoms with van der Waals surface area (Å²) >= 11 is 2.45. The van der Waals surface area contributed by atoms with Gasteiger partial charge < -0.3 is 9.84 Å². The van der Waals surface area contributed by atoms with E-state index in [1.165, 1.54) is 6.07 Å². The van der Waals surface area contributed by atoms with Crippen molar-refractivity contribution in [2.75, 3.05) is 0 Å². The first kappa shape index (κ1) is 24.4. The SMILES string of the molecule is CC(C)c1nc2c(c3c1C(c1ccc(C(F)(F)F)cn1)OC31CCCC1I)C(O)CC(C)(C)C2. The van der Waals surface area contributed by atoms with E-state index >= 15 is 0 Å². The smallest absolute Gasteiger partial charge is 0.388 e. The van der Waals surface area contributed by atoms with E-state index < -0.39 is 29.5 Å². The van der Waals surface area contributed by atoms with E-state index in [0.29, 0.717) is 12.1 Å². The van der Waals surface area contributed by atoms with Gasteiger partial charge in [0.2, 0.25) is 0 Å². The Balaban J connectivity index is 1.76. The molecular weight excluding hydrogens is 556 g/mol. The van der Waals surface area contributed by atoms with Crippen LogP contribution >= 0.6 is 22.6 Å². The fourth-order valence-corrected chi connectivity index (χ4v) is 7.31. The first-order valence-electron chi connectivity index (χ1n) is 11.9. The molecule has 1 saturated carbocycles. The fourth-order valence-electron chi connectivity index (χ4n) is 6.10. The molecule has 1 fully saturated rings. The number of halogens is 4. The van der Waals surface area contributed by atoms with E-state index in [0.717, 1.165) is 66.0 Å². The number of hydrogen-bond donors (Lipinski definition) is 1. The Morgan fingerprint density at radius 1 is 1.21 bits per heavy atom. The maximum atomic E-state index is 13.2. The summed E-state index contributed by atoms with van der Waals surface area (Å²) in [5.74, 6) is 0.0889. The molecule has 3 aliphatic rings. The lowest BCUT2D eigenvalue weighted by Crippen LogP contribution is -2.35. The largest absolute Gasteiger partial charge is 0.417 e. The van der Waals surface area contributed by atoms with Gasteiger partial charge in [0.15, 0.2) is 0 Å². The highest BCUT2D eigenvalue weighted by Gasteiger charge is 2.56. The van der Waals surface area contributed by atoms with Crippen LogP contribution in [-0.4, -0.2) is 19.0 Å². The third-order valence-corrected chi connectivity index (χ3v) is 9.19. The molecule has 0 radical (unpaired) electrons. The maximum absolute atomic E-state index is 13.2. The van der Waals surface area contributed by atoms with Gasteiger partial charge in [-0.15, -0.1) is 0 Å². The molecule has 184 valence electrons. The van der Waals surface area contributed by atoms with E-state index in [4.69, 9.17) is 9.72 Å². The summed E-state index contributed by atoms with van der Waals surface area (Å²) in [4.78, 5) is 9.31. The summed E-state index contributed by atoms with van der Waals surface area (Å²) in [5, 5.41) is 11.4. The number of aliphatic hydroxyl groups is 1. The standard InChI is InChI=1S/C26H30F3IN2O2/c1-13(2)22-20-21(19-16(32-22)10-24(3,4)11-17(19)33)25(9-5-6-18(25)30)34-23(20)15-8-7-14(12-31-15)26(27,28)29/h7-8,12-13,17-18,23,33H,5-6,9-11H2,1-4H3. The lowest BCUT2D eigenvalue weighted by molar-refractivity contribution is -0.137. The molecular formula is C26H30F3IN2O2. The van der Waals surface area contributed by atoms with Crippen molar-refractivity contribution in [1.82, 2.24) is 9.97 Å². The number of rotatable bonds is 2. The molecule has 3 heterocycles. The van der Waals surface area contributed by atoms with Crippen molar-refractivity contribution in [2.45, 2.75) is 93.6 Å². The monoisotopic (exact) mass is 586 g/mol. The molecule has 2 aliphatic carbocycles. The minimum Gasteiger partial charge on any atom is -0.388 e. The zero-order valence-corrected chi connectivity index (χ0v) is 22.0. The van der Waals surface area contributed by atoms with Crippen LogP contribution in [0, 0.1) is 5.41 Å². The highest BCUT2D eigenvalue weighted by atomic mass is 127. The second kappa shape index (κ2) is 8.13. The molecule has 4 atom stereocenters. The van der Waals surface area contributed by atoms with Gasteiger partial charge >= 0.3 is 6.18 Å². The summed E-state index contributed by atoms with van der Waals surface area (Å²) < 4.78 is 46.6. The molecule has 0 bridgehead atoms. The lowest BCUT2D eigenvalue weighted by Gasteiger charge is -2.39. The van der Waals surface area contributed by atoms with Gasteiger partial charge in [0.1, 0.15) is 11.7 Å². The number of pyridine rings is 2. The van der Waals surface area contributed by atoms with E-state index in [1.54, 1.807) is 0 Å². The van der Waals surface area contributed by atoms with Crippen LogP contribution in [0.25, 0.3) is 0 Å². The van der Waals surface area contributed by atoms with Crippen LogP contribution < -0.4 is 0 Å². The fraction of sp³-hybridized carbons (Fsp3) is 0.615. The number of ether oxygens (including phenoxy) is 1. The molecule has 0 amide bonds. The number of fused-ring (bicyclic) bond motifs is 4. The molecule has 8 heteroatoms. The average molecular weight is 586 g/mol. The Morgan fingerprint density at radius 2 is 1.94 bits per heavy atom. The Kier molecular flexibility index (Phi) is 5.84. The van der Waals surface area contributed by atoms with Crippen LogP contribution in [0.3, 0.4) is 0 Å². The van der Waals surface area contributed by atoms with Crippen molar-refractivity contribution in [3.63, 3.8) is 0 Å². The third-order valence-electron chi connectivity index (χ3n) is 7.56. The molecule has 0 aromatic carbocycles. The molecule has 0 saturated heterocycles. The van der Waals surface area contributed by atoms with Crippen molar-refractivity contribution in [3.05, 3.63) is 57.7 Å².